The first-order valence-electron chi connectivity index (χ1n) is 5.12. The van der Waals surface area contributed by atoms with Gasteiger partial charge in [0.05, 0.1) is 0 Å². The normalized spacial score (nSPS) is 12.6. The molecule has 1 unspecified atom stereocenters. The molecule has 2 rings (SSSR count). The van der Waals surface area contributed by atoms with Crippen LogP contribution < -0.4 is 5.32 Å². The second-order valence-corrected chi connectivity index (χ2v) is 6.43. The van der Waals surface area contributed by atoms with Gasteiger partial charge in [0.2, 0.25) is 0 Å². The maximum Gasteiger partial charge on any atom is 0.174 e. The molecule has 90 valence electrons. The van der Waals surface area contributed by atoms with Crippen molar-refractivity contribution < 1.29 is 0 Å². The first-order chi connectivity index (χ1) is 8.20. The van der Waals surface area contributed by atoms with Crippen molar-refractivity contribution >= 4 is 39.2 Å². The first-order valence-corrected chi connectivity index (χ1v) is 7.50. The zero-order chi connectivity index (χ0) is 12.3. The average molecular weight is 330 g/mol. The molecule has 3 nitrogen and oxygen atoms in total. The van der Waals surface area contributed by atoms with E-state index in [0.29, 0.717) is 6.04 Å². The van der Waals surface area contributed by atoms with Gasteiger partial charge in [-0.25, -0.2) is 4.98 Å². The van der Waals surface area contributed by atoms with Gasteiger partial charge >= 0.3 is 0 Å². The van der Waals surface area contributed by atoms with Crippen LogP contribution in [0.4, 0.5) is 0 Å². The Morgan fingerprint density at radius 3 is 2.88 bits per heavy atom. The van der Waals surface area contributed by atoms with Crippen molar-refractivity contribution in [3.8, 4) is 0 Å². The minimum atomic E-state index is 0.354. The van der Waals surface area contributed by atoms with E-state index in [9.17, 15) is 0 Å². The number of aromatic nitrogens is 2. The Morgan fingerprint density at radius 2 is 2.29 bits per heavy atom. The first kappa shape index (κ1) is 13.0. The summed E-state index contributed by atoms with van der Waals surface area (Å²) in [6.45, 7) is 2.14. The molecule has 0 aliphatic heterocycles. The maximum absolute atomic E-state index is 4.16. The SMILES string of the molecule is CNC(C)c1ccc(Sc2ncns2)c(Br)c1. The molecule has 0 saturated heterocycles. The van der Waals surface area contributed by atoms with Crippen LogP contribution in [-0.2, 0) is 0 Å². The van der Waals surface area contributed by atoms with E-state index in [2.05, 4.69) is 55.7 Å². The van der Waals surface area contributed by atoms with Gasteiger partial charge in [-0.15, -0.1) is 0 Å². The zero-order valence-corrected chi connectivity index (χ0v) is 12.7. The van der Waals surface area contributed by atoms with Crippen LogP contribution in [0.1, 0.15) is 18.5 Å². The van der Waals surface area contributed by atoms with Gasteiger partial charge in [-0.2, -0.15) is 4.37 Å². The summed E-state index contributed by atoms with van der Waals surface area (Å²) in [5.74, 6) is 0. The second-order valence-electron chi connectivity index (χ2n) is 3.51. The third kappa shape index (κ3) is 3.28. The molecule has 17 heavy (non-hydrogen) atoms. The molecule has 0 spiro atoms. The van der Waals surface area contributed by atoms with Crippen LogP contribution in [0.25, 0.3) is 0 Å². The Bertz CT molecular complexity index is 487. The molecule has 1 aromatic heterocycles. The number of hydrogen-bond donors (Lipinski definition) is 1. The van der Waals surface area contributed by atoms with Gasteiger partial charge in [0, 0.05) is 15.4 Å². The molecular weight excluding hydrogens is 318 g/mol. The summed E-state index contributed by atoms with van der Waals surface area (Å²) in [7, 11) is 1.96. The van der Waals surface area contributed by atoms with Crippen LogP contribution in [0, 0.1) is 0 Å². The highest BCUT2D eigenvalue weighted by Crippen LogP contribution is 2.35. The summed E-state index contributed by atoms with van der Waals surface area (Å²) in [5, 5.41) is 3.23. The molecule has 0 aliphatic rings. The average Bonchev–Trinajstić information content (AvgIpc) is 2.83. The van der Waals surface area contributed by atoms with Gasteiger partial charge in [-0.1, -0.05) is 17.8 Å². The van der Waals surface area contributed by atoms with Crippen LogP contribution in [0.3, 0.4) is 0 Å². The van der Waals surface area contributed by atoms with E-state index in [0.717, 1.165) is 13.7 Å². The van der Waals surface area contributed by atoms with Crippen molar-refractivity contribution in [3.63, 3.8) is 0 Å². The molecule has 1 heterocycles. The predicted molar refractivity (Wildman–Crippen MR) is 75.6 cm³/mol. The van der Waals surface area contributed by atoms with E-state index in [4.69, 9.17) is 0 Å². The Kier molecular flexibility index (Phi) is 4.55. The van der Waals surface area contributed by atoms with Crippen molar-refractivity contribution in [3.05, 3.63) is 34.6 Å². The lowest BCUT2D eigenvalue weighted by atomic mass is 10.1. The molecule has 0 bridgehead atoms. The van der Waals surface area contributed by atoms with E-state index in [1.54, 1.807) is 18.1 Å². The Balaban J connectivity index is 2.20. The lowest BCUT2D eigenvalue weighted by molar-refractivity contribution is 0.651. The summed E-state index contributed by atoms with van der Waals surface area (Å²) >= 11 is 6.63. The molecule has 0 fully saturated rings. The third-order valence-corrected chi connectivity index (χ3v) is 5.14. The highest BCUT2D eigenvalue weighted by atomic mass is 79.9. The Labute approximate surface area is 117 Å². The van der Waals surface area contributed by atoms with E-state index < -0.39 is 0 Å². The molecule has 0 aliphatic carbocycles. The fourth-order valence-corrected chi connectivity index (χ4v) is 3.38. The monoisotopic (exact) mass is 329 g/mol. The largest absolute Gasteiger partial charge is 0.313 e. The van der Waals surface area contributed by atoms with Crippen LogP contribution in [0.15, 0.2) is 38.2 Å². The Hall–Kier alpha value is -0.430. The number of rotatable bonds is 4. The van der Waals surface area contributed by atoms with Gasteiger partial charge in [0.15, 0.2) is 4.34 Å². The number of nitrogens with one attached hydrogen (secondary N) is 1. The van der Waals surface area contributed by atoms with E-state index in [1.807, 2.05) is 7.05 Å². The number of halogens is 1. The van der Waals surface area contributed by atoms with E-state index in [1.165, 1.54) is 17.1 Å². The van der Waals surface area contributed by atoms with Crippen molar-refractivity contribution in [2.45, 2.75) is 22.2 Å². The topological polar surface area (TPSA) is 37.8 Å². The number of benzene rings is 1. The molecular formula is C11H12BrN3S2. The van der Waals surface area contributed by atoms with Crippen molar-refractivity contribution in [2.24, 2.45) is 0 Å². The van der Waals surface area contributed by atoms with Crippen LogP contribution in [-0.4, -0.2) is 16.4 Å². The lowest BCUT2D eigenvalue weighted by Gasteiger charge is -2.12. The smallest absolute Gasteiger partial charge is 0.174 e. The second kappa shape index (κ2) is 5.95. The van der Waals surface area contributed by atoms with Crippen molar-refractivity contribution in [2.75, 3.05) is 7.05 Å². The molecule has 0 amide bonds. The molecule has 2 aromatic rings. The van der Waals surface area contributed by atoms with Gasteiger partial charge in [-0.3, -0.25) is 0 Å². The molecule has 6 heteroatoms. The highest BCUT2D eigenvalue weighted by Gasteiger charge is 2.08. The van der Waals surface area contributed by atoms with Crippen LogP contribution in [0.2, 0.25) is 0 Å². The molecule has 1 N–H and O–H groups in total. The minimum absolute atomic E-state index is 0.354. The van der Waals surface area contributed by atoms with Crippen molar-refractivity contribution in [1.82, 2.24) is 14.7 Å². The predicted octanol–water partition coefficient (Wildman–Crippen LogP) is 3.73. The number of nitrogens with zero attached hydrogens (tertiary/aromatic N) is 2. The fourth-order valence-electron chi connectivity index (χ4n) is 1.34. The highest BCUT2D eigenvalue weighted by molar-refractivity contribution is 9.10. The lowest BCUT2D eigenvalue weighted by Crippen LogP contribution is -2.12. The number of hydrogen-bond acceptors (Lipinski definition) is 5. The fraction of sp³-hybridized carbons (Fsp3) is 0.273. The molecule has 0 radical (unpaired) electrons. The van der Waals surface area contributed by atoms with Gasteiger partial charge < -0.3 is 5.32 Å². The maximum atomic E-state index is 4.16. The van der Waals surface area contributed by atoms with Crippen molar-refractivity contribution in [1.29, 1.82) is 0 Å². The Morgan fingerprint density at radius 1 is 1.47 bits per heavy atom. The third-order valence-electron chi connectivity index (χ3n) is 2.43. The van der Waals surface area contributed by atoms with Crippen LogP contribution in [0.5, 0.6) is 0 Å². The zero-order valence-electron chi connectivity index (χ0n) is 9.48. The summed E-state index contributed by atoms with van der Waals surface area (Å²) in [5.41, 5.74) is 1.26. The summed E-state index contributed by atoms with van der Waals surface area (Å²) < 4.78 is 6.04. The summed E-state index contributed by atoms with van der Waals surface area (Å²) in [6, 6.07) is 6.74. The van der Waals surface area contributed by atoms with E-state index in [-0.39, 0.29) is 0 Å². The van der Waals surface area contributed by atoms with E-state index >= 15 is 0 Å². The summed E-state index contributed by atoms with van der Waals surface area (Å²) in [6.07, 6.45) is 1.58. The standard InChI is InChI=1S/C11H12BrN3S2/c1-7(13-2)8-3-4-10(9(12)5-8)16-11-14-6-15-17-11/h3-7,13H,1-2H3. The molecule has 1 atom stereocenters. The molecule has 1 aromatic carbocycles. The molecule has 0 saturated carbocycles. The van der Waals surface area contributed by atoms with Gasteiger partial charge in [0.25, 0.3) is 0 Å². The van der Waals surface area contributed by atoms with Gasteiger partial charge in [-0.05, 0) is 59.1 Å². The summed E-state index contributed by atoms with van der Waals surface area (Å²) in [4.78, 5) is 5.32. The van der Waals surface area contributed by atoms with Gasteiger partial charge in [0.1, 0.15) is 6.33 Å². The quantitative estimate of drug-likeness (QED) is 0.927. The van der Waals surface area contributed by atoms with Crippen LogP contribution >= 0.6 is 39.2 Å². The minimum Gasteiger partial charge on any atom is -0.313 e.